The molecule has 3 aliphatic rings. The predicted molar refractivity (Wildman–Crippen MR) is 104 cm³/mol. The number of rotatable bonds is 4. The van der Waals surface area contributed by atoms with Crippen LogP contribution in [0.15, 0.2) is 35.2 Å². The molecule has 8 heteroatoms. The van der Waals surface area contributed by atoms with Crippen molar-refractivity contribution >= 4 is 22.2 Å². The summed E-state index contributed by atoms with van der Waals surface area (Å²) in [6.45, 7) is 2.38. The molecule has 152 valence electrons. The van der Waals surface area contributed by atoms with Gasteiger partial charge in [-0.15, -0.1) is 4.31 Å². The standard InChI is InChI=1S/C20H27N3O4S/c24-19-9-5-12-22(19)16-10-14-21(15-11-16)20(25)18-8-4-13-23(18)28(26,27)17-6-2-1-3-7-17/h1-3,6-7,16,18H,4-5,8-15H2. The van der Waals surface area contributed by atoms with Crippen LogP contribution in [-0.2, 0) is 24.2 Å². The number of benzene rings is 1. The molecule has 1 aromatic rings. The Labute approximate surface area is 167 Å². The van der Waals surface area contributed by atoms with Gasteiger partial charge < -0.3 is 14.4 Å². The zero-order valence-electron chi connectivity index (χ0n) is 16.0. The minimum atomic E-state index is -3.67. The number of amides is 2. The molecule has 4 rings (SSSR count). The van der Waals surface area contributed by atoms with Crippen LogP contribution in [0.3, 0.4) is 0 Å². The minimum Gasteiger partial charge on any atom is -0.593 e. The lowest BCUT2D eigenvalue weighted by atomic mass is 10.0. The van der Waals surface area contributed by atoms with Gasteiger partial charge in [-0.25, -0.2) is 0 Å². The van der Waals surface area contributed by atoms with Gasteiger partial charge in [-0.3, -0.25) is 9.59 Å². The molecule has 1 aromatic carbocycles. The van der Waals surface area contributed by atoms with E-state index in [0.717, 1.165) is 25.8 Å². The molecule has 3 fully saturated rings. The van der Waals surface area contributed by atoms with E-state index < -0.39 is 16.4 Å². The Kier molecular flexibility index (Phi) is 5.53. The number of likely N-dealkylation sites (tertiary alicyclic amines) is 2. The van der Waals surface area contributed by atoms with Crippen LogP contribution in [0.1, 0.15) is 38.5 Å². The Morgan fingerprint density at radius 3 is 2.36 bits per heavy atom. The topological polar surface area (TPSA) is 84.0 Å². The molecule has 28 heavy (non-hydrogen) atoms. The highest BCUT2D eigenvalue weighted by molar-refractivity contribution is 7.95. The average molecular weight is 406 g/mol. The summed E-state index contributed by atoms with van der Waals surface area (Å²) in [5.74, 6) is 0.129. The van der Waals surface area contributed by atoms with Gasteiger partial charge in [-0.1, -0.05) is 22.4 Å². The SMILES string of the molecule is O=C(C1CCCN1[S+](=O)([O-])c1ccccc1)N1CCC(N2CCCC2=O)CC1. The Bertz CT molecular complexity index is 779. The van der Waals surface area contributed by atoms with Crippen LogP contribution in [0.2, 0.25) is 0 Å². The lowest BCUT2D eigenvalue weighted by molar-refractivity contribution is -0.137. The van der Waals surface area contributed by atoms with Crippen molar-refractivity contribution in [2.24, 2.45) is 0 Å². The van der Waals surface area contributed by atoms with E-state index in [-0.39, 0.29) is 22.8 Å². The van der Waals surface area contributed by atoms with Gasteiger partial charge in [0.25, 0.3) is 0 Å². The summed E-state index contributed by atoms with van der Waals surface area (Å²) >= 11 is 0. The molecule has 2 unspecified atom stereocenters. The van der Waals surface area contributed by atoms with Gasteiger partial charge in [-0.2, -0.15) is 0 Å². The Hall–Kier alpha value is -1.77. The van der Waals surface area contributed by atoms with Crippen molar-refractivity contribution in [2.75, 3.05) is 26.2 Å². The van der Waals surface area contributed by atoms with E-state index in [0.29, 0.717) is 38.9 Å². The van der Waals surface area contributed by atoms with Gasteiger partial charge >= 0.3 is 0 Å². The summed E-state index contributed by atoms with van der Waals surface area (Å²) in [6.07, 6.45) is 4.36. The van der Waals surface area contributed by atoms with Crippen molar-refractivity contribution in [3.8, 4) is 0 Å². The Morgan fingerprint density at radius 1 is 1.00 bits per heavy atom. The maximum atomic E-state index is 13.1. The molecule has 3 heterocycles. The van der Waals surface area contributed by atoms with Crippen LogP contribution in [0.25, 0.3) is 0 Å². The van der Waals surface area contributed by atoms with E-state index in [1.165, 1.54) is 4.31 Å². The number of hydrogen-bond donors (Lipinski definition) is 0. The van der Waals surface area contributed by atoms with Gasteiger partial charge in [0.1, 0.15) is 6.04 Å². The maximum absolute atomic E-state index is 13.1. The number of hydrogen-bond acceptors (Lipinski definition) is 4. The van der Waals surface area contributed by atoms with Crippen LogP contribution in [0.5, 0.6) is 0 Å². The number of piperidine rings is 1. The molecule has 7 nitrogen and oxygen atoms in total. The number of sulfonamides is 1. The summed E-state index contributed by atoms with van der Waals surface area (Å²) in [7, 11) is -3.67. The molecule has 2 amide bonds. The van der Waals surface area contributed by atoms with Gasteiger partial charge in [-0.05, 0) is 44.2 Å². The second-order valence-corrected chi connectivity index (χ2v) is 9.72. The highest BCUT2D eigenvalue weighted by Gasteiger charge is 2.45. The molecule has 0 bridgehead atoms. The third-order valence-corrected chi connectivity index (χ3v) is 8.09. The van der Waals surface area contributed by atoms with Crippen molar-refractivity contribution in [3.63, 3.8) is 0 Å². The summed E-state index contributed by atoms with van der Waals surface area (Å²) < 4.78 is 27.4. The van der Waals surface area contributed by atoms with E-state index >= 15 is 0 Å². The van der Waals surface area contributed by atoms with Crippen LogP contribution >= 0.6 is 0 Å². The minimum absolute atomic E-state index is 0.0943. The summed E-state index contributed by atoms with van der Waals surface area (Å²) in [4.78, 5) is 29.1. The first-order valence-electron chi connectivity index (χ1n) is 10.1. The normalized spacial score (nSPS) is 26.6. The van der Waals surface area contributed by atoms with Gasteiger partial charge in [0.05, 0.1) is 0 Å². The molecule has 3 saturated heterocycles. The molecule has 0 N–H and O–H groups in total. The van der Waals surface area contributed by atoms with Gasteiger partial charge in [0, 0.05) is 38.6 Å². The summed E-state index contributed by atoms with van der Waals surface area (Å²) in [5, 5.41) is 0. The number of carbonyl (C=O) groups is 2. The van der Waals surface area contributed by atoms with Gasteiger partial charge in [0.15, 0.2) is 15.3 Å². The number of carbonyl (C=O) groups excluding carboxylic acids is 2. The molecule has 3 aliphatic heterocycles. The van der Waals surface area contributed by atoms with Crippen molar-refractivity contribution in [3.05, 3.63) is 30.3 Å². The van der Waals surface area contributed by atoms with Crippen molar-refractivity contribution < 1.29 is 18.4 Å². The Balaban J connectivity index is 1.42. The first-order valence-corrected chi connectivity index (χ1v) is 11.6. The van der Waals surface area contributed by atoms with E-state index in [4.69, 9.17) is 0 Å². The molecule has 0 spiro atoms. The largest absolute Gasteiger partial charge is 0.593 e. The smallest absolute Gasteiger partial charge is 0.244 e. The zero-order chi connectivity index (χ0) is 19.7. The fraction of sp³-hybridized carbons (Fsp3) is 0.600. The second-order valence-electron chi connectivity index (χ2n) is 7.83. The first-order chi connectivity index (χ1) is 13.5. The molecule has 0 aromatic heterocycles. The Morgan fingerprint density at radius 2 is 1.71 bits per heavy atom. The lowest BCUT2D eigenvalue weighted by Crippen LogP contribution is -2.53. The van der Waals surface area contributed by atoms with Crippen LogP contribution in [0.4, 0.5) is 0 Å². The fourth-order valence-electron chi connectivity index (χ4n) is 4.67. The summed E-state index contributed by atoms with van der Waals surface area (Å²) in [5.41, 5.74) is 0. The van der Waals surface area contributed by atoms with Crippen molar-refractivity contribution in [1.29, 1.82) is 0 Å². The van der Waals surface area contributed by atoms with Crippen molar-refractivity contribution in [1.82, 2.24) is 14.1 Å². The molecule has 0 aliphatic carbocycles. The monoisotopic (exact) mass is 405 g/mol. The molecular formula is C20H27N3O4S. The van der Waals surface area contributed by atoms with E-state index in [1.807, 2.05) is 4.90 Å². The highest BCUT2D eigenvalue weighted by atomic mass is 32.3. The molecule has 2 atom stereocenters. The second kappa shape index (κ2) is 7.93. The van der Waals surface area contributed by atoms with Crippen molar-refractivity contribution in [2.45, 2.75) is 55.5 Å². The van der Waals surface area contributed by atoms with E-state index in [1.54, 1.807) is 35.2 Å². The molecule has 0 saturated carbocycles. The zero-order valence-corrected chi connectivity index (χ0v) is 16.8. The summed E-state index contributed by atoms with van der Waals surface area (Å²) in [6, 6.07) is 7.93. The number of nitrogens with zero attached hydrogens (tertiary/aromatic N) is 3. The predicted octanol–water partition coefficient (Wildman–Crippen LogP) is 1.67. The van der Waals surface area contributed by atoms with E-state index in [2.05, 4.69) is 0 Å². The third-order valence-electron chi connectivity index (χ3n) is 6.17. The average Bonchev–Trinajstić information content (AvgIpc) is 3.38. The van der Waals surface area contributed by atoms with Crippen LogP contribution in [0, 0.1) is 0 Å². The molecular weight excluding hydrogens is 378 g/mol. The van der Waals surface area contributed by atoms with Gasteiger partial charge in [0.2, 0.25) is 11.8 Å². The third kappa shape index (κ3) is 3.60. The molecule has 0 radical (unpaired) electrons. The fourth-order valence-corrected chi connectivity index (χ4v) is 6.34. The lowest BCUT2D eigenvalue weighted by Gasteiger charge is -2.38. The van der Waals surface area contributed by atoms with E-state index in [9.17, 15) is 18.4 Å². The van der Waals surface area contributed by atoms with Crippen LogP contribution in [-0.4, -0.2) is 68.7 Å². The highest BCUT2D eigenvalue weighted by Crippen LogP contribution is 2.31. The maximum Gasteiger partial charge on any atom is 0.244 e. The van der Waals surface area contributed by atoms with Crippen LogP contribution < -0.4 is 0 Å². The quantitative estimate of drug-likeness (QED) is 0.714. The first kappa shape index (κ1) is 19.5.